The summed E-state index contributed by atoms with van der Waals surface area (Å²) in [5.41, 5.74) is 5.20. The van der Waals surface area contributed by atoms with Crippen LogP contribution in [-0.4, -0.2) is 23.3 Å². The molecule has 124 valence electrons. The summed E-state index contributed by atoms with van der Waals surface area (Å²) in [6.07, 6.45) is 3.70. The average Bonchev–Trinajstić information content (AvgIpc) is 3.21. The Hall–Kier alpha value is -2.75. The van der Waals surface area contributed by atoms with Crippen LogP contribution in [-0.2, 0) is 5.41 Å². The van der Waals surface area contributed by atoms with E-state index in [9.17, 15) is 0 Å². The lowest BCUT2D eigenvalue weighted by molar-refractivity contribution is 0.415. The van der Waals surface area contributed by atoms with Gasteiger partial charge in [-0.05, 0) is 35.2 Å². The molecule has 0 spiro atoms. The Morgan fingerprint density at radius 2 is 1.79 bits per heavy atom. The molecule has 0 fully saturated rings. The molecule has 2 aromatic heterocycles. The fourth-order valence-electron chi connectivity index (χ4n) is 2.55. The maximum absolute atomic E-state index is 5.44. The number of aliphatic imine (C=N–C) groups is 1. The van der Waals surface area contributed by atoms with Gasteiger partial charge in [0.1, 0.15) is 5.75 Å². The quantitative estimate of drug-likeness (QED) is 0.648. The van der Waals surface area contributed by atoms with Gasteiger partial charge in [-0.2, -0.15) is 0 Å². The van der Waals surface area contributed by atoms with Crippen LogP contribution in [0.15, 0.2) is 53.7 Å². The van der Waals surface area contributed by atoms with Crippen molar-refractivity contribution in [2.45, 2.75) is 26.2 Å². The molecule has 0 aliphatic carbocycles. The highest BCUT2D eigenvalue weighted by Crippen LogP contribution is 2.27. The van der Waals surface area contributed by atoms with Gasteiger partial charge in [-0.25, -0.2) is 0 Å². The third-order valence-electron chi connectivity index (χ3n) is 3.99. The largest absolute Gasteiger partial charge is 0.494 e. The first kappa shape index (κ1) is 16.1. The molecule has 1 aromatic carbocycles. The third-order valence-corrected chi connectivity index (χ3v) is 3.99. The van der Waals surface area contributed by atoms with Crippen molar-refractivity contribution in [3.05, 3.63) is 59.9 Å². The number of nitrogens with zero attached hydrogens (tertiary/aromatic N) is 1. The summed E-state index contributed by atoms with van der Waals surface area (Å²) < 4.78 is 5.44. The second kappa shape index (κ2) is 6.40. The first-order valence-corrected chi connectivity index (χ1v) is 8.03. The number of aromatic amines is 2. The fourth-order valence-corrected chi connectivity index (χ4v) is 2.55. The predicted molar refractivity (Wildman–Crippen MR) is 99.5 cm³/mol. The molecule has 3 rings (SSSR count). The van der Waals surface area contributed by atoms with Crippen molar-refractivity contribution in [1.29, 1.82) is 0 Å². The van der Waals surface area contributed by atoms with Gasteiger partial charge in [0.15, 0.2) is 0 Å². The van der Waals surface area contributed by atoms with Crippen LogP contribution in [0.5, 0.6) is 5.75 Å². The molecular weight excluding hydrogens is 298 g/mol. The Bertz CT molecular complexity index is 819. The summed E-state index contributed by atoms with van der Waals surface area (Å²) in [4.78, 5) is 11.1. The zero-order valence-electron chi connectivity index (χ0n) is 14.6. The molecule has 0 aliphatic rings. The van der Waals surface area contributed by atoms with Crippen LogP contribution in [0.4, 0.5) is 5.69 Å². The second-order valence-corrected chi connectivity index (χ2v) is 6.80. The minimum Gasteiger partial charge on any atom is -0.494 e. The number of methoxy groups -OCH3 is 1. The number of H-pyrrole nitrogens is 2. The molecule has 4 heteroatoms. The Kier molecular flexibility index (Phi) is 4.30. The zero-order chi connectivity index (χ0) is 17.2. The molecule has 0 amide bonds. The third kappa shape index (κ3) is 3.43. The number of nitrogens with one attached hydrogen (secondary N) is 2. The number of aromatic nitrogens is 2. The van der Waals surface area contributed by atoms with E-state index >= 15 is 0 Å². The van der Waals surface area contributed by atoms with Crippen LogP contribution in [0.25, 0.3) is 11.4 Å². The first-order valence-electron chi connectivity index (χ1n) is 8.03. The number of rotatable bonds is 4. The van der Waals surface area contributed by atoms with Crippen molar-refractivity contribution in [2.75, 3.05) is 7.11 Å². The van der Waals surface area contributed by atoms with Crippen molar-refractivity contribution < 1.29 is 4.74 Å². The van der Waals surface area contributed by atoms with E-state index in [1.807, 2.05) is 36.5 Å². The summed E-state index contributed by atoms with van der Waals surface area (Å²) >= 11 is 0. The number of ether oxygens (including phenoxy) is 1. The monoisotopic (exact) mass is 321 g/mol. The van der Waals surface area contributed by atoms with Crippen molar-refractivity contribution in [1.82, 2.24) is 9.97 Å². The first-order chi connectivity index (χ1) is 11.5. The van der Waals surface area contributed by atoms with Gasteiger partial charge in [0.2, 0.25) is 0 Å². The van der Waals surface area contributed by atoms with Gasteiger partial charge in [0, 0.05) is 12.3 Å². The van der Waals surface area contributed by atoms with E-state index in [1.165, 1.54) is 5.56 Å². The van der Waals surface area contributed by atoms with Crippen LogP contribution in [0.1, 0.15) is 32.0 Å². The maximum atomic E-state index is 5.44. The molecule has 0 aliphatic heterocycles. The molecule has 2 N–H and O–H groups in total. The molecule has 3 aromatic rings. The van der Waals surface area contributed by atoms with E-state index in [4.69, 9.17) is 4.74 Å². The number of benzene rings is 1. The summed E-state index contributed by atoms with van der Waals surface area (Å²) in [5.74, 6) is 0.773. The van der Waals surface area contributed by atoms with Gasteiger partial charge in [-0.3, -0.25) is 4.99 Å². The topological polar surface area (TPSA) is 53.2 Å². The fraction of sp³-hybridized carbons (Fsp3) is 0.250. The van der Waals surface area contributed by atoms with Gasteiger partial charge < -0.3 is 14.7 Å². The van der Waals surface area contributed by atoms with Crippen LogP contribution < -0.4 is 4.74 Å². The van der Waals surface area contributed by atoms with Crippen LogP contribution in [0, 0.1) is 0 Å². The minimum atomic E-state index is 0.149. The lowest BCUT2D eigenvalue weighted by Crippen LogP contribution is -2.10. The van der Waals surface area contributed by atoms with Crippen LogP contribution in [0.3, 0.4) is 0 Å². The summed E-state index contributed by atoms with van der Waals surface area (Å²) in [6, 6.07) is 14.3. The summed E-state index contributed by atoms with van der Waals surface area (Å²) in [5, 5.41) is 0. The molecule has 4 nitrogen and oxygen atoms in total. The van der Waals surface area contributed by atoms with E-state index in [2.05, 4.69) is 47.9 Å². The van der Waals surface area contributed by atoms with E-state index in [1.54, 1.807) is 13.3 Å². The standard InChI is InChI=1S/C20H23N3O/c1-20(2,3)14-7-9-15(10-8-14)22-13-18-19(24-4)12-17(23-18)16-6-5-11-21-16/h5-13,21,23H,1-4H3. The van der Waals surface area contributed by atoms with E-state index in [0.29, 0.717) is 0 Å². The SMILES string of the molecule is COc1cc(-c2ccc[nH]2)[nH]c1C=Nc1ccc(C(C)(C)C)cc1. The van der Waals surface area contributed by atoms with Gasteiger partial charge in [0.05, 0.1) is 36.1 Å². The lowest BCUT2D eigenvalue weighted by Gasteiger charge is -2.18. The zero-order valence-corrected chi connectivity index (χ0v) is 14.6. The van der Waals surface area contributed by atoms with Crippen molar-refractivity contribution in [3.8, 4) is 17.1 Å². The van der Waals surface area contributed by atoms with Gasteiger partial charge in [0.25, 0.3) is 0 Å². The normalized spacial score (nSPS) is 12.0. The Labute approximate surface area is 142 Å². The van der Waals surface area contributed by atoms with Crippen LogP contribution in [0.2, 0.25) is 0 Å². The molecule has 0 saturated heterocycles. The molecular formula is C20H23N3O. The van der Waals surface area contributed by atoms with E-state index in [0.717, 1.165) is 28.5 Å². The molecule has 0 atom stereocenters. The lowest BCUT2D eigenvalue weighted by atomic mass is 9.87. The molecule has 0 saturated carbocycles. The van der Waals surface area contributed by atoms with Gasteiger partial charge in [-0.1, -0.05) is 32.9 Å². The summed E-state index contributed by atoms with van der Waals surface area (Å²) in [7, 11) is 1.66. The highest BCUT2D eigenvalue weighted by Gasteiger charge is 2.13. The van der Waals surface area contributed by atoms with E-state index < -0.39 is 0 Å². The van der Waals surface area contributed by atoms with Gasteiger partial charge in [-0.15, -0.1) is 0 Å². The Balaban J connectivity index is 1.84. The maximum Gasteiger partial charge on any atom is 0.146 e. The summed E-state index contributed by atoms with van der Waals surface area (Å²) in [6.45, 7) is 6.62. The van der Waals surface area contributed by atoms with Crippen molar-refractivity contribution in [3.63, 3.8) is 0 Å². The van der Waals surface area contributed by atoms with Gasteiger partial charge >= 0.3 is 0 Å². The number of hydrogen-bond acceptors (Lipinski definition) is 2. The molecule has 0 bridgehead atoms. The molecule has 24 heavy (non-hydrogen) atoms. The Morgan fingerprint density at radius 3 is 2.38 bits per heavy atom. The molecule has 2 heterocycles. The average molecular weight is 321 g/mol. The second-order valence-electron chi connectivity index (χ2n) is 6.80. The predicted octanol–water partition coefficient (Wildman–Crippen LogP) is 5.07. The van der Waals surface area contributed by atoms with Crippen LogP contribution >= 0.6 is 0 Å². The number of hydrogen-bond donors (Lipinski definition) is 2. The van der Waals surface area contributed by atoms with Crippen molar-refractivity contribution in [2.24, 2.45) is 4.99 Å². The smallest absolute Gasteiger partial charge is 0.146 e. The van der Waals surface area contributed by atoms with Crippen molar-refractivity contribution >= 4 is 11.9 Å². The minimum absolute atomic E-state index is 0.149. The Morgan fingerprint density at radius 1 is 1.04 bits per heavy atom. The highest BCUT2D eigenvalue weighted by molar-refractivity contribution is 5.85. The highest BCUT2D eigenvalue weighted by atomic mass is 16.5. The molecule has 0 radical (unpaired) electrons. The van der Waals surface area contributed by atoms with E-state index in [-0.39, 0.29) is 5.41 Å². The molecule has 0 unspecified atom stereocenters.